The number of rotatable bonds is 73. The molecule has 566 valence electrons. The lowest BCUT2D eigenvalue weighted by Crippen LogP contribution is -2.30. The first-order chi connectivity index (χ1) is 46.2. The molecule has 3 N–H and O–H groups in total. The molecule has 0 aliphatic rings. The predicted molar refractivity (Wildman–Crippen MR) is 390 cm³/mol. The summed E-state index contributed by atoms with van der Waals surface area (Å²) in [5.74, 6) is 0.0920. The zero-order valence-corrected chi connectivity index (χ0v) is 64.1. The van der Waals surface area contributed by atoms with Gasteiger partial charge < -0.3 is 33.8 Å². The average Bonchev–Trinajstić information content (AvgIpc) is 1.51. The molecule has 0 fully saturated rings. The van der Waals surface area contributed by atoms with Crippen LogP contribution >= 0.6 is 15.6 Å². The van der Waals surface area contributed by atoms with Gasteiger partial charge in [0.15, 0.2) is 12.2 Å². The summed E-state index contributed by atoms with van der Waals surface area (Å²) in [5, 5.41) is 10.6. The summed E-state index contributed by atoms with van der Waals surface area (Å²) in [6, 6.07) is 0. The first kappa shape index (κ1) is 93.5. The van der Waals surface area contributed by atoms with E-state index in [4.69, 9.17) is 37.0 Å². The Hall–Kier alpha value is -2.46. The van der Waals surface area contributed by atoms with Gasteiger partial charge in [0.05, 0.1) is 26.4 Å². The number of unbranched alkanes of at least 4 members (excludes halogenated alkanes) is 38. The Morgan fingerprint density at radius 2 is 0.562 bits per heavy atom. The van der Waals surface area contributed by atoms with E-state index in [2.05, 4.69) is 72.8 Å². The van der Waals surface area contributed by atoms with Crippen LogP contribution in [-0.2, 0) is 65.4 Å². The molecule has 0 amide bonds. The van der Waals surface area contributed by atoms with Crippen LogP contribution in [0, 0.1) is 17.8 Å². The number of hydrogen-bond donors (Lipinski definition) is 3. The van der Waals surface area contributed by atoms with Crippen molar-refractivity contribution in [1.29, 1.82) is 0 Å². The van der Waals surface area contributed by atoms with Crippen molar-refractivity contribution in [2.75, 3.05) is 39.6 Å². The van der Waals surface area contributed by atoms with Crippen LogP contribution in [0.2, 0.25) is 0 Å². The van der Waals surface area contributed by atoms with E-state index in [0.29, 0.717) is 31.6 Å². The Balaban J connectivity index is 5.24. The number of ether oxygens (including phenoxy) is 4. The van der Waals surface area contributed by atoms with Crippen molar-refractivity contribution in [3.8, 4) is 0 Å². The van der Waals surface area contributed by atoms with Crippen LogP contribution in [0.5, 0.6) is 0 Å². The third kappa shape index (κ3) is 70.0. The maximum absolute atomic E-state index is 13.1. The number of aliphatic hydroxyl groups is 1. The van der Waals surface area contributed by atoms with Gasteiger partial charge in [-0.2, -0.15) is 0 Å². The van der Waals surface area contributed by atoms with E-state index in [0.717, 1.165) is 121 Å². The molecular formula is C77H146O17P2. The van der Waals surface area contributed by atoms with Crippen molar-refractivity contribution < 1.29 is 80.2 Å². The molecule has 0 aliphatic carbocycles. The van der Waals surface area contributed by atoms with Crippen LogP contribution in [0.25, 0.3) is 0 Å². The molecule has 5 atom stereocenters. The van der Waals surface area contributed by atoms with E-state index in [9.17, 15) is 43.2 Å². The highest BCUT2D eigenvalue weighted by molar-refractivity contribution is 7.47. The molecule has 0 saturated carbocycles. The van der Waals surface area contributed by atoms with E-state index < -0.39 is 97.5 Å². The second kappa shape index (κ2) is 67.1. The van der Waals surface area contributed by atoms with Crippen LogP contribution in [0.1, 0.15) is 370 Å². The topological polar surface area (TPSA) is 237 Å². The van der Waals surface area contributed by atoms with Crippen molar-refractivity contribution in [2.24, 2.45) is 17.8 Å². The first-order valence-electron chi connectivity index (χ1n) is 39.2. The van der Waals surface area contributed by atoms with E-state index in [-0.39, 0.29) is 25.7 Å². The highest BCUT2D eigenvalue weighted by Gasteiger charge is 2.30. The van der Waals surface area contributed by atoms with E-state index in [1.54, 1.807) is 0 Å². The Labute approximate surface area is 586 Å². The number of carbonyl (C=O) groups excluding carboxylic acids is 4. The molecule has 0 radical (unpaired) electrons. The number of esters is 4. The Morgan fingerprint density at radius 1 is 0.323 bits per heavy atom. The summed E-state index contributed by atoms with van der Waals surface area (Å²) in [7, 11) is -9.93. The average molecular weight is 1410 g/mol. The van der Waals surface area contributed by atoms with Crippen molar-refractivity contribution in [1.82, 2.24) is 0 Å². The van der Waals surface area contributed by atoms with Crippen molar-refractivity contribution in [2.45, 2.75) is 388 Å². The quantitative estimate of drug-likeness (QED) is 0.0169. The van der Waals surface area contributed by atoms with Gasteiger partial charge in [0, 0.05) is 25.7 Å². The summed E-state index contributed by atoms with van der Waals surface area (Å²) in [4.78, 5) is 72.8. The van der Waals surface area contributed by atoms with Gasteiger partial charge in [0.1, 0.15) is 19.3 Å². The summed E-state index contributed by atoms with van der Waals surface area (Å²) in [6.07, 6.45) is 56.5. The third-order valence-electron chi connectivity index (χ3n) is 17.3. The fourth-order valence-electron chi connectivity index (χ4n) is 11.2. The monoisotopic (exact) mass is 1410 g/mol. The van der Waals surface area contributed by atoms with Crippen molar-refractivity contribution >= 4 is 39.5 Å². The van der Waals surface area contributed by atoms with E-state index >= 15 is 0 Å². The van der Waals surface area contributed by atoms with E-state index in [1.807, 2.05) is 0 Å². The molecule has 0 spiro atoms. The first-order valence-corrected chi connectivity index (χ1v) is 42.2. The number of carbonyl (C=O) groups is 4. The van der Waals surface area contributed by atoms with Gasteiger partial charge in [0.2, 0.25) is 0 Å². The predicted octanol–water partition coefficient (Wildman–Crippen LogP) is 22.1. The van der Waals surface area contributed by atoms with Crippen molar-refractivity contribution in [3.63, 3.8) is 0 Å². The molecule has 0 saturated heterocycles. The number of allylic oxidation sites excluding steroid dienone is 4. The number of phosphoric ester groups is 2. The molecule has 0 rings (SSSR count). The standard InChI is InChI=1S/C77H146O17P2/c1-8-9-10-11-12-13-14-15-18-22-25-32-37-46-53-60-76(81)93-72(64-87-74(79)58-51-44-36-31-28-27-30-35-42-49-56-69(4)5)66-91-95(83,84)89-62-71(78)63-90-96(85,86)92-67-73(65-88-75(80)59-52-45-40-39-43-50-57-70(6)7)94-77(82)61-54-47-38-33-26-23-20-17-16-19-21-24-29-34-41-48-55-68(2)3/h13-15,18,68-73,78H,8-12,16-17,19-67H2,1-7H3,(H,83,84)(H,85,86)/b14-13-,18-15-/t71?,72-,73-/m1/s1. The molecule has 0 bridgehead atoms. The molecular weight excluding hydrogens is 1260 g/mol. The zero-order chi connectivity index (χ0) is 70.9. The van der Waals surface area contributed by atoms with Crippen LogP contribution in [0.15, 0.2) is 24.3 Å². The zero-order valence-electron chi connectivity index (χ0n) is 62.3. The minimum atomic E-state index is -4.97. The fourth-order valence-corrected chi connectivity index (χ4v) is 12.8. The van der Waals surface area contributed by atoms with Gasteiger partial charge in [-0.25, -0.2) is 9.13 Å². The van der Waals surface area contributed by atoms with Crippen LogP contribution in [0.4, 0.5) is 0 Å². The minimum absolute atomic E-state index is 0.0845. The molecule has 0 aromatic carbocycles. The van der Waals surface area contributed by atoms with Gasteiger partial charge in [-0.3, -0.25) is 37.3 Å². The normalized spacial score (nSPS) is 14.2. The van der Waals surface area contributed by atoms with Gasteiger partial charge in [0.25, 0.3) is 0 Å². The number of aliphatic hydroxyl groups excluding tert-OH is 1. The Bertz CT molecular complexity index is 1960. The molecule has 3 unspecified atom stereocenters. The SMILES string of the molecule is CCCCCC/C=C\C=C/CCCCCCCC(=O)O[C@H](COC(=O)CCCCCCCCCCCCC(C)C)COP(=O)(O)OCC(O)COP(=O)(O)OC[C@@H](COC(=O)CCCCCCCCC(C)C)OC(=O)CCCCCCCCCCCCCCCCCCC(C)C. The van der Waals surface area contributed by atoms with Crippen molar-refractivity contribution in [3.05, 3.63) is 24.3 Å². The molecule has 0 heterocycles. The number of hydrogen-bond acceptors (Lipinski definition) is 15. The fraction of sp³-hybridized carbons (Fsp3) is 0.896. The van der Waals surface area contributed by atoms with Gasteiger partial charge in [-0.05, 0) is 69.1 Å². The minimum Gasteiger partial charge on any atom is -0.462 e. The van der Waals surface area contributed by atoms with Crippen LogP contribution < -0.4 is 0 Å². The number of phosphoric acid groups is 2. The maximum atomic E-state index is 13.1. The van der Waals surface area contributed by atoms with Gasteiger partial charge in [-0.1, -0.05) is 317 Å². The highest BCUT2D eigenvalue weighted by Crippen LogP contribution is 2.45. The lowest BCUT2D eigenvalue weighted by Gasteiger charge is -2.21. The lowest BCUT2D eigenvalue weighted by atomic mass is 10.0. The Kier molecular flexibility index (Phi) is 65.3. The molecule has 0 aromatic rings. The summed E-state index contributed by atoms with van der Waals surface area (Å²) >= 11 is 0. The highest BCUT2D eigenvalue weighted by atomic mass is 31.2. The van der Waals surface area contributed by atoms with Crippen LogP contribution in [-0.4, -0.2) is 96.7 Å². The molecule has 96 heavy (non-hydrogen) atoms. The maximum Gasteiger partial charge on any atom is 0.472 e. The molecule has 0 aliphatic heterocycles. The third-order valence-corrected chi connectivity index (χ3v) is 19.2. The second-order valence-electron chi connectivity index (χ2n) is 28.5. The largest absolute Gasteiger partial charge is 0.472 e. The van der Waals surface area contributed by atoms with Gasteiger partial charge in [-0.15, -0.1) is 0 Å². The van der Waals surface area contributed by atoms with E-state index in [1.165, 1.54) is 161 Å². The second-order valence-corrected chi connectivity index (χ2v) is 31.4. The van der Waals surface area contributed by atoms with Gasteiger partial charge >= 0.3 is 39.5 Å². The molecule has 19 heteroatoms. The lowest BCUT2D eigenvalue weighted by molar-refractivity contribution is -0.161. The molecule has 0 aromatic heterocycles. The smallest absolute Gasteiger partial charge is 0.462 e. The summed E-state index contributed by atoms with van der Waals surface area (Å²) in [6.45, 7) is 11.8. The summed E-state index contributed by atoms with van der Waals surface area (Å²) < 4.78 is 68.5. The van der Waals surface area contributed by atoms with Crippen LogP contribution in [0.3, 0.4) is 0 Å². The molecule has 17 nitrogen and oxygen atoms in total. The Morgan fingerprint density at radius 3 is 0.844 bits per heavy atom. The summed E-state index contributed by atoms with van der Waals surface area (Å²) in [5.41, 5.74) is 0.